The van der Waals surface area contributed by atoms with E-state index < -0.39 is 21.7 Å². The maximum absolute atomic E-state index is 14.4. The number of amides is 1. The minimum absolute atomic E-state index is 0.0130. The molecule has 0 radical (unpaired) electrons. The second kappa shape index (κ2) is 11.0. The van der Waals surface area contributed by atoms with Gasteiger partial charge in [-0.25, -0.2) is 27.5 Å². The van der Waals surface area contributed by atoms with E-state index in [1.807, 2.05) is 32.9 Å². The third-order valence-electron chi connectivity index (χ3n) is 5.45. The SMILES string of the molecule is COc1ncccc1S(=O)(=O)NC(=O)c1ccc(-c2cc(F)cc(OC(C)C)c2)nc1-c1ccc(C)cc1. The number of benzene rings is 2. The predicted octanol–water partition coefficient (Wildman–Crippen LogP) is 5.17. The van der Waals surface area contributed by atoms with Crippen molar-refractivity contribution in [3.05, 3.63) is 89.9 Å². The van der Waals surface area contributed by atoms with Gasteiger partial charge < -0.3 is 9.47 Å². The number of nitrogens with one attached hydrogen (secondary N) is 1. The first-order valence-electron chi connectivity index (χ1n) is 11.7. The van der Waals surface area contributed by atoms with Crippen LogP contribution in [-0.2, 0) is 10.0 Å². The fraction of sp³-hybridized carbons (Fsp3) is 0.179. The summed E-state index contributed by atoms with van der Waals surface area (Å²) in [6, 6.07) is 17.2. The Morgan fingerprint density at radius 2 is 1.74 bits per heavy atom. The van der Waals surface area contributed by atoms with Crippen molar-refractivity contribution in [2.45, 2.75) is 31.8 Å². The van der Waals surface area contributed by atoms with Crippen molar-refractivity contribution in [2.75, 3.05) is 7.11 Å². The van der Waals surface area contributed by atoms with Crippen LogP contribution >= 0.6 is 0 Å². The number of halogens is 1. The summed E-state index contributed by atoms with van der Waals surface area (Å²) in [6.45, 7) is 5.58. The van der Waals surface area contributed by atoms with Crippen molar-refractivity contribution in [1.29, 1.82) is 0 Å². The van der Waals surface area contributed by atoms with Gasteiger partial charge in [-0.15, -0.1) is 0 Å². The molecule has 0 spiro atoms. The summed E-state index contributed by atoms with van der Waals surface area (Å²) in [4.78, 5) is 21.6. The molecule has 0 saturated carbocycles. The highest BCUT2D eigenvalue weighted by Gasteiger charge is 2.26. The molecule has 0 bridgehead atoms. The molecule has 0 aliphatic carbocycles. The molecular formula is C28H26FN3O5S. The van der Waals surface area contributed by atoms with Gasteiger partial charge in [-0.2, -0.15) is 0 Å². The Kier molecular flexibility index (Phi) is 7.72. The Morgan fingerprint density at radius 3 is 2.42 bits per heavy atom. The average molecular weight is 536 g/mol. The molecular weight excluding hydrogens is 509 g/mol. The third-order valence-corrected chi connectivity index (χ3v) is 6.79. The van der Waals surface area contributed by atoms with Crippen LogP contribution in [0.5, 0.6) is 11.6 Å². The summed E-state index contributed by atoms with van der Waals surface area (Å²) in [6.07, 6.45) is 1.22. The van der Waals surface area contributed by atoms with Crippen molar-refractivity contribution >= 4 is 15.9 Å². The highest BCUT2D eigenvalue weighted by Crippen LogP contribution is 2.30. The van der Waals surface area contributed by atoms with E-state index in [0.29, 0.717) is 22.6 Å². The summed E-state index contributed by atoms with van der Waals surface area (Å²) in [5.74, 6) is -1.21. The lowest BCUT2D eigenvalue weighted by atomic mass is 10.0. The van der Waals surface area contributed by atoms with E-state index in [0.717, 1.165) is 5.56 Å². The van der Waals surface area contributed by atoms with Crippen LogP contribution in [0.1, 0.15) is 29.8 Å². The molecule has 0 unspecified atom stereocenters. The van der Waals surface area contributed by atoms with Gasteiger partial charge in [-0.1, -0.05) is 29.8 Å². The maximum atomic E-state index is 14.4. The van der Waals surface area contributed by atoms with E-state index in [2.05, 4.69) is 14.7 Å². The maximum Gasteiger partial charge on any atom is 0.269 e. The lowest BCUT2D eigenvalue weighted by molar-refractivity contribution is 0.0981. The van der Waals surface area contributed by atoms with Gasteiger partial charge in [0.2, 0.25) is 5.88 Å². The standard InChI is InChI=1S/C28H26FN3O5S/c1-17(2)37-22-15-20(14-21(29)16-22)24-12-11-23(26(31-24)19-9-7-18(3)8-10-19)27(33)32-38(34,35)25-6-5-13-30-28(25)36-4/h5-17H,1-4H3,(H,32,33). The third kappa shape index (κ3) is 5.97. The van der Waals surface area contributed by atoms with Gasteiger partial charge in [0, 0.05) is 23.4 Å². The predicted molar refractivity (Wildman–Crippen MR) is 141 cm³/mol. The molecule has 0 aliphatic rings. The topological polar surface area (TPSA) is 107 Å². The summed E-state index contributed by atoms with van der Waals surface area (Å²) in [5.41, 5.74) is 2.62. The number of carbonyl (C=O) groups excluding carboxylic acids is 1. The molecule has 38 heavy (non-hydrogen) atoms. The highest BCUT2D eigenvalue weighted by molar-refractivity contribution is 7.90. The zero-order valence-electron chi connectivity index (χ0n) is 21.2. The number of pyridine rings is 2. The van der Waals surface area contributed by atoms with E-state index >= 15 is 0 Å². The number of rotatable bonds is 8. The first-order chi connectivity index (χ1) is 18.1. The van der Waals surface area contributed by atoms with Crippen LogP contribution in [0.25, 0.3) is 22.5 Å². The van der Waals surface area contributed by atoms with Crippen LogP contribution in [0.15, 0.2) is 77.8 Å². The van der Waals surface area contributed by atoms with E-state index in [4.69, 9.17) is 9.47 Å². The second-order valence-corrected chi connectivity index (χ2v) is 10.4. The van der Waals surface area contributed by atoms with E-state index in [1.165, 1.54) is 49.7 Å². The molecule has 4 rings (SSSR count). The Hall–Kier alpha value is -4.31. The molecule has 0 atom stereocenters. The van der Waals surface area contributed by atoms with Crippen molar-refractivity contribution in [1.82, 2.24) is 14.7 Å². The number of hydrogen-bond donors (Lipinski definition) is 1. The number of aryl methyl sites for hydroxylation is 1. The van der Waals surface area contributed by atoms with Gasteiger partial charge >= 0.3 is 0 Å². The van der Waals surface area contributed by atoms with Gasteiger partial charge in [0.15, 0.2) is 0 Å². The van der Waals surface area contributed by atoms with Gasteiger partial charge in [-0.05, 0) is 57.2 Å². The number of aromatic nitrogens is 2. The molecule has 2 aromatic carbocycles. The van der Waals surface area contributed by atoms with E-state index in [1.54, 1.807) is 18.2 Å². The van der Waals surface area contributed by atoms with Gasteiger partial charge in [0.05, 0.1) is 30.2 Å². The van der Waals surface area contributed by atoms with Crippen molar-refractivity contribution in [3.63, 3.8) is 0 Å². The molecule has 0 aliphatic heterocycles. The molecule has 0 fully saturated rings. The second-order valence-electron chi connectivity index (χ2n) is 8.75. The highest BCUT2D eigenvalue weighted by atomic mass is 32.2. The average Bonchev–Trinajstić information content (AvgIpc) is 2.87. The molecule has 1 N–H and O–H groups in total. The van der Waals surface area contributed by atoms with Crippen LogP contribution < -0.4 is 14.2 Å². The minimum atomic E-state index is -4.32. The fourth-order valence-electron chi connectivity index (χ4n) is 3.75. The van der Waals surface area contributed by atoms with Crippen LogP contribution in [0, 0.1) is 12.7 Å². The Morgan fingerprint density at radius 1 is 1.00 bits per heavy atom. The van der Waals surface area contributed by atoms with Crippen molar-refractivity contribution in [2.24, 2.45) is 0 Å². The summed E-state index contributed by atoms with van der Waals surface area (Å²) in [5, 5.41) is 0. The van der Waals surface area contributed by atoms with Crippen molar-refractivity contribution in [3.8, 4) is 34.1 Å². The number of ether oxygens (including phenoxy) is 2. The largest absolute Gasteiger partial charge is 0.491 e. The van der Waals surface area contributed by atoms with Crippen molar-refractivity contribution < 1.29 is 27.1 Å². The number of hydrogen-bond acceptors (Lipinski definition) is 7. The molecule has 4 aromatic rings. The molecule has 2 aromatic heterocycles. The van der Waals surface area contributed by atoms with Gasteiger partial charge in [0.1, 0.15) is 16.5 Å². The van der Waals surface area contributed by atoms with Crippen LogP contribution in [0.4, 0.5) is 4.39 Å². The van der Waals surface area contributed by atoms with Crippen LogP contribution in [-0.4, -0.2) is 37.5 Å². The molecule has 8 nitrogen and oxygen atoms in total. The normalized spacial score (nSPS) is 11.3. The first-order valence-corrected chi connectivity index (χ1v) is 13.2. The number of sulfonamides is 1. The number of methoxy groups -OCH3 is 1. The Bertz CT molecular complexity index is 1590. The summed E-state index contributed by atoms with van der Waals surface area (Å²) >= 11 is 0. The zero-order valence-corrected chi connectivity index (χ0v) is 22.0. The molecule has 10 heteroatoms. The lowest BCUT2D eigenvalue weighted by Gasteiger charge is -2.14. The van der Waals surface area contributed by atoms with E-state index in [-0.39, 0.29) is 28.1 Å². The summed E-state index contributed by atoms with van der Waals surface area (Å²) in [7, 11) is -3.04. The Labute approximate surface area is 220 Å². The monoisotopic (exact) mass is 535 g/mol. The molecule has 0 saturated heterocycles. The Balaban J connectivity index is 1.79. The smallest absolute Gasteiger partial charge is 0.269 e. The quantitative estimate of drug-likeness (QED) is 0.332. The zero-order chi connectivity index (χ0) is 27.4. The van der Waals surface area contributed by atoms with Gasteiger partial charge in [-0.3, -0.25) is 4.79 Å². The fourth-order valence-corrected chi connectivity index (χ4v) is 4.84. The molecule has 1 amide bonds. The molecule has 2 heterocycles. The summed E-state index contributed by atoms with van der Waals surface area (Å²) < 4.78 is 53.2. The number of carbonyl (C=O) groups is 1. The minimum Gasteiger partial charge on any atom is -0.491 e. The van der Waals surface area contributed by atoms with Crippen LogP contribution in [0.3, 0.4) is 0 Å². The molecule has 196 valence electrons. The van der Waals surface area contributed by atoms with Crippen LogP contribution in [0.2, 0.25) is 0 Å². The first kappa shape index (κ1) is 26.7. The van der Waals surface area contributed by atoms with E-state index in [9.17, 15) is 17.6 Å². The lowest BCUT2D eigenvalue weighted by Crippen LogP contribution is -2.31. The number of nitrogens with zero attached hydrogens (tertiary/aromatic N) is 2. The van der Waals surface area contributed by atoms with Gasteiger partial charge in [0.25, 0.3) is 15.9 Å².